The lowest BCUT2D eigenvalue weighted by Gasteiger charge is -2.46. The molecule has 19 heavy (non-hydrogen) atoms. The number of morpholine rings is 1. The molecular weight excluding hydrogens is 250 g/mol. The molecule has 0 saturated carbocycles. The van der Waals surface area contributed by atoms with Gasteiger partial charge in [-0.1, -0.05) is 12.1 Å². The number of hydrogen-bond donors (Lipinski definition) is 1. The smallest absolute Gasteiger partial charge is 0.163 e. The van der Waals surface area contributed by atoms with Crippen molar-refractivity contribution >= 4 is 0 Å². The van der Waals surface area contributed by atoms with Crippen molar-refractivity contribution in [3.05, 3.63) is 35.4 Å². The van der Waals surface area contributed by atoms with E-state index in [1.807, 2.05) is 13.8 Å². The summed E-state index contributed by atoms with van der Waals surface area (Å²) in [6, 6.07) is 3.90. The van der Waals surface area contributed by atoms with Crippen LogP contribution in [0.1, 0.15) is 25.5 Å². The Bertz CT molecular complexity index is 451. The molecule has 1 aromatic rings. The minimum Gasteiger partial charge on any atom is -0.378 e. The number of nitrogens with zero attached hydrogens (tertiary/aromatic N) is 1. The number of nitrogens with two attached hydrogens (primary N) is 1. The van der Waals surface area contributed by atoms with Crippen molar-refractivity contribution in [2.45, 2.75) is 25.4 Å². The third kappa shape index (κ3) is 2.78. The molecule has 5 heteroatoms. The maximum atomic E-state index is 14.0. The Morgan fingerprint density at radius 3 is 2.79 bits per heavy atom. The summed E-state index contributed by atoms with van der Waals surface area (Å²) in [6.07, 6.45) is 0. The summed E-state index contributed by atoms with van der Waals surface area (Å²) in [4.78, 5) is 2.09. The molecule has 3 nitrogen and oxygen atoms in total. The van der Waals surface area contributed by atoms with Gasteiger partial charge in [0.05, 0.1) is 19.3 Å². The Kier molecular flexibility index (Phi) is 4.18. The lowest BCUT2D eigenvalue weighted by molar-refractivity contribution is -0.0718. The van der Waals surface area contributed by atoms with Crippen LogP contribution in [0.15, 0.2) is 18.2 Å². The monoisotopic (exact) mass is 270 g/mol. The predicted octanol–water partition coefficient (Wildman–Crippen LogP) is 2.08. The van der Waals surface area contributed by atoms with Crippen molar-refractivity contribution < 1.29 is 13.5 Å². The van der Waals surface area contributed by atoms with Gasteiger partial charge in [-0.05, 0) is 19.9 Å². The van der Waals surface area contributed by atoms with Crippen LogP contribution >= 0.6 is 0 Å². The fourth-order valence-corrected chi connectivity index (χ4v) is 2.65. The number of hydrogen-bond acceptors (Lipinski definition) is 3. The number of ether oxygens (including phenoxy) is 1. The Labute approximate surface area is 112 Å². The van der Waals surface area contributed by atoms with Crippen LogP contribution in [0.25, 0.3) is 0 Å². The summed E-state index contributed by atoms with van der Waals surface area (Å²) in [5.74, 6) is -1.64. The second kappa shape index (κ2) is 5.53. The third-order valence-electron chi connectivity index (χ3n) is 3.65. The van der Waals surface area contributed by atoms with Gasteiger partial charge >= 0.3 is 0 Å². The highest BCUT2D eigenvalue weighted by atomic mass is 19.2. The molecule has 0 aromatic heterocycles. The first kappa shape index (κ1) is 14.4. The van der Waals surface area contributed by atoms with E-state index in [9.17, 15) is 8.78 Å². The average Bonchev–Trinajstić information content (AvgIpc) is 2.37. The molecule has 106 valence electrons. The highest BCUT2D eigenvalue weighted by Crippen LogP contribution is 2.31. The molecule has 1 aromatic carbocycles. The van der Waals surface area contributed by atoms with E-state index in [1.165, 1.54) is 6.07 Å². The zero-order chi connectivity index (χ0) is 14.0. The topological polar surface area (TPSA) is 38.5 Å². The van der Waals surface area contributed by atoms with Crippen LogP contribution in [-0.4, -0.2) is 36.7 Å². The summed E-state index contributed by atoms with van der Waals surface area (Å²) < 4.78 is 32.8. The second-order valence-electron chi connectivity index (χ2n) is 5.45. The van der Waals surface area contributed by atoms with Gasteiger partial charge < -0.3 is 10.5 Å². The van der Waals surface area contributed by atoms with Crippen molar-refractivity contribution in [1.29, 1.82) is 0 Å². The summed E-state index contributed by atoms with van der Waals surface area (Å²) >= 11 is 0. The van der Waals surface area contributed by atoms with E-state index in [2.05, 4.69) is 4.90 Å². The van der Waals surface area contributed by atoms with Crippen LogP contribution in [0.2, 0.25) is 0 Å². The average molecular weight is 270 g/mol. The fourth-order valence-electron chi connectivity index (χ4n) is 2.65. The van der Waals surface area contributed by atoms with Crippen LogP contribution in [0.3, 0.4) is 0 Å². The lowest BCUT2D eigenvalue weighted by Crippen LogP contribution is -2.55. The summed E-state index contributed by atoms with van der Waals surface area (Å²) in [6.45, 7) is 6.07. The normalized spacial score (nSPS) is 21.3. The first-order valence-corrected chi connectivity index (χ1v) is 6.46. The predicted molar refractivity (Wildman–Crippen MR) is 69.8 cm³/mol. The van der Waals surface area contributed by atoms with Crippen LogP contribution in [0, 0.1) is 11.6 Å². The van der Waals surface area contributed by atoms with Crippen molar-refractivity contribution in [3.8, 4) is 0 Å². The van der Waals surface area contributed by atoms with Crippen molar-refractivity contribution in [2.24, 2.45) is 5.73 Å². The lowest BCUT2D eigenvalue weighted by atomic mass is 9.95. The number of halogens is 2. The third-order valence-corrected chi connectivity index (χ3v) is 3.65. The Morgan fingerprint density at radius 1 is 1.42 bits per heavy atom. The SMILES string of the molecule is CC1(C)COCCN1C(CN)c1cccc(F)c1F. The first-order valence-electron chi connectivity index (χ1n) is 6.46. The molecule has 1 aliphatic heterocycles. The zero-order valence-corrected chi connectivity index (χ0v) is 11.3. The zero-order valence-electron chi connectivity index (χ0n) is 11.3. The second-order valence-corrected chi connectivity index (χ2v) is 5.45. The van der Waals surface area contributed by atoms with Crippen LogP contribution in [0.4, 0.5) is 8.78 Å². The molecule has 0 aliphatic carbocycles. The quantitative estimate of drug-likeness (QED) is 0.914. The molecule has 1 fully saturated rings. The molecule has 0 bridgehead atoms. The highest BCUT2D eigenvalue weighted by molar-refractivity contribution is 5.23. The molecule has 1 saturated heterocycles. The fraction of sp³-hybridized carbons (Fsp3) is 0.571. The standard InChI is InChI=1S/C14H20F2N2O/c1-14(2)9-19-7-6-18(14)12(8-17)10-4-3-5-11(15)13(10)16/h3-5,12H,6-9,17H2,1-2H3. The molecule has 1 aliphatic rings. The molecule has 2 rings (SSSR count). The van der Waals surface area contributed by atoms with E-state index in [0.29, 0.717) is 25.3 Å². The minimum atomic E-state index is -0.831. The van der Waals surface area contributed by atoms with Crippen molar-refractivity contribution in [1.82, 2.24) is 4.90 Å². The van der Waals surface area contributed by atoms with E-state index in [4.69, 9.17) is 10.5 Å². The van der Waals surface area contributed by atoms with Gasteiger partial charge in [0.25, 0.3) is 0 Å². The van der Waals surface area contributed by atoms with Crippen molar-refractivity contribution in [2.75, 3.05) is 26.3 Å². The van der Waals surface area contributed by atoms with Gasteiger partial charge in [0.15, 0.2) is 11.6 Å². The van der Waals surface area contributed by atoms with Crippen LogP contribution in [-0.2, 0) is 4.74 Å². The van der Waals surface area contributed by atoms with Gasteiger partial charge in [-0.3, -0.25) is 4.90 Å². The maximum absolute atomic E-state index is 14.0. The number of rotatable bonds is 3. The summed E-state index contributed by atoms with van der Waals surface area (Å²) in [7, 11) is 0. The Morgan fingerprint density at radius 2 is 2.16 bits per heavy atom. The van der Waals surface area contributed by atoms with Gasteiger partial charge in [0.2, 0.25) is 0 Å². The van der Waals surface area contributed by atoms with E-state index in [-0.39, 0.29) is 18.1 Å². The largest absolute Gasteiger partial charge is 0.378 e. The molecule has 1 unspecified atom stereocenters. The van der Waals surface area contributed by atoms with E-state index < -0.39 is 11.6 Å². The molecule has 1 atom stereocenters. The number of benzene rings is 1. The summed E-state index contributed by atoms with van der Waals surface area (Å²) in [5.41, 5.74) is 5.87. The van der Waals surface area contributed by atoms with Gasteiger partial charge in [-0.25, -0.2) is 8.78 Å². The van der Waals surface area contributed by atoms with Crippen LogP contribution < -0.4 is 5.73 Å². The molecule has 1 heterocycles. The van der Waals surface area contributed by atoms with E-state index in [0.717, 1.165) is 6.07 Å². The molecule has 2 N–H and O–H groups in total. The van der Waals surface area contributed by atoms with Gasteiger partial charge in [-0.15, -0.1) is 0 Å². The van der Waals surface area contributed by atoms with E-state index in [1.54, 1.807) is 6.07 Å². The van der Waals surface area contributed by atoms with Gasteiger partial charge in [0.1, 0.15) is 0 Å². The molecule has 0 amide bonds. The summed E-state index contributed by atoms with van der Waals surface area (Å²) in [5, 5.41) is 0. The van der Waals surface area contributed by atoms with E-state index >= 15 is 0 Å². The van der Waals surface area contributed by atoms with Gasteiger partial charge in [0, 0.05) is 24.2 Å². The molecule has 0 spiro atoms. The van der Waals surface area contributed by atoms with Gasteiger partial charge in [-0.2, -0.15) is 0 Å². The first-order chi connectivity index (χ1) is 8.97. The molecular formula is C14H20F2N2O. The Hall–Kier alpha value is -1.04. The highest BCUT2D eigenvalue weighted by Gasteiger charge is 2.36. The Balaban J connectivity index is 2.36. The maximum Gasteiger partial charge on any atom is 0.163 e. The van der Waals surface area contributed by atoms with Crippen LogP contribution in [0.5, 0.6) is 0 Å². The molecule has 0 radical (unpaired) electrons. The van der Waals surface area contributed by atoms with Crippen molar-refractivity contribution in [3.63, 3.8) is 0 Å². The minimum absolute atomic E-state index is 0.240.